The van der Waals surface area contributed by atoms with Crippen LogP contribution in [0.2, 0.25) is 5.15 Å². The van der Waals surface area contributed by atoms with Gasteiger partial charge in [-0.25, -0.2) is 4.98 Å². The van der Waals surface area contributed by atoms with E-state index in [1.165, 1.54) is 29.2 Å². The predicted molar refractivity (Wildman–Crippen MR) is 110 cm³/mol. The number of nitrogens with one attached hydrogen (secondary N) is 1. The van der Waals surface area contributed by atoms with Gasteiger partial charge in [-0.2, -0.15) is 0 Å². The number of carbonyl (C=O) groups excluding carboxylic acids is 1. The molecule has 0 bridgehead atoms. The van der Waals surface area contributed by atoms with Crippen molar-refractivity contribution in [2.45, 2.75) is 31.8 Å². The molecule has 1 aliphatic carbocycles. The largest absolute Gasteiger partial charge is 0.311 e. The molecule has 1 fully saturated rings. The molecular weight excluding hydrogens is 358 g/mol. The predicted octanol–water partition coefficient (Wildman–Crippen LogP) is 4.88. The summed E-state index contributed by atoms with van der Waals surface area (Å²) in [6.45, 7) is 1.61. The van der Waals surface area contributed by atoms with Crippen LogP contribution in [0.15, 0.2) is 60.7 Å². The van der Waals surface area contributed by atoms with Crippen LogP contribution in [-0.4, -0.2) is 28.4 Å². The van der Waals surface area contributed by atoms with Crippen molar-refractivity contribution in [2.24, 2.45) is 0 Å². The summed E-state index contributed by atoms with van der Waals surface area (Å²) in [6.07, 6.45) is 2.86. The van der Waals surface area contributed by atoms with E-state index in [9.17, 15) is 4.79 Å². The lowest BCUT2D eigenvalue weighted by Crippen LogP contribution is -2.29. The molecule has 1 saturated carbocycles. The molecule has 27 heavy (non-hydrogen) atoms. The van der Waals surface area contributed by atoms with Gasteiger partial charge in [0.1, 0.15) is 11.0 Å². The van der Waals surface area contributed by atoms with Crippen LogP contribution in [0.5, 0.6) is 0 Å². The first-order chi connectivity index (χ1) is 13.2. The quantitative estimate of drug-likeness (QED) is 0.595. The number of aromatic nitrogens is 1. The van der Waals surface area contributed by atoms with Crippen molar-refractivity contribution >= 4 is 34.1 Å². The highest BCUT2D eigenvalue weighted by Crippen LogP contribution is 2.30. The first-order valence-corrected chi connectivity index (χ1v) is 9.70. The Bertz CT molecular complexity index is 950. The standard InChI is InChI=1S/C22H22ClN3O/c23-20-9-4-10-21(24-20)25-22(27)13-14-26(18-11-12-18)15-17-7-3-6-16-5-1-2-8-19(16)17/h1-10,18H,11-15H2,(H,24,25,27). The highest BCUT2D eigenvalue weighted by Gasteiger charge is 2.29. The molecule has 1 amide bonds. The molecule has 2 aromatic carbocycles. The molecule has 0 atom stereocenters. The zero-order valence-electron chi connectivity index (χ0n) is 15.1. The Morgan fingerprint density at radius 2 is 1.85 bits per heavy atom. The van der Waals surface area contributed by atoms with E-state index in [0.29, 0.717) is 23.4 Å². The summed E-state index contributed by atoms with van der Waals surface area (Å²) >= 11 is 5.87. The van der Waals surface area contributed by atoms with Crippen LogP contribution in [0.25, 0.3) is 10.8 Å². The number of benzene rings is 2. The SMILES string of the molecule is O=C(CCN(Cc1cccc2ccccc12)C1CC1)Nc1cccc(Cl)n1. The minimum Gasteiger partial charge on any atom is -0.311 e. The fraction of sp³-hybridized carbons (Fsp3) is 0.273. The Hall–Kier alpha value is -2.43. The number of amides is 1. The fourth-order valence-corrected chi connectivity index (χ4v) is 3.57. The second-order valence-corrected chi connectivity index (χ2v) is 7.37. The average Bonchev–Trinajstić information content (AvgIpc) is 3.50. The number of rotatable bonds is 7. The molecule has 0 saturated heterocycles. The summed E-state index contributed by atoms with van der Waals surface area (Å²) in [6, 6.07) is 20.7. The Morgan fingerprint density at radius 3 is 2.67 bits per heavy atom. The normalized spacial score (nSPS) is 13.9. The smallest absolute Gasteiger partial charge is 0.226 e. The topological polar surface area (TPSA) is 45.2 Å². The number of hydrogen-bond acceptors (Lipinski definition) is 3. The van der Waals surface area contributed by atoms with Crippen molar-refractivity contribution in [1.82, 2.24) is 9.88 Å². The minimum atomic E-state index is -0.0339. The lowest BCUT2D eigenvalue weighted by atomic mass is 10.0. The van der Waals surface area contributed by atoms with Crippen LogP contribution in [-0.2, 0) is 11.3 Å². The molecule has 3 aromatic rings. The molecule has 0 radical (unpaired) electrons. The highest BCUT2D eigenvalue weighted by molar-refractivity contribution is 6.29. The number of carbonyl (C=O) groups is 1. The zero-order valence-corrected chi connectivity index (χ0v) is 15.8. The van der Waals surface area contributed by atoms with Gasteiger partial charge in [0.05, 0.1) is 0 Å². The molecule has 1 heterocycles. The molecule has 1 N–H and O–H groups in total. The monoisotopic (exact) mass is 379 g/mol. The molecule has 0 aliphatic heterocycles. The third kappa shape index (κ3) is 4.65. The molecule has 1 aliphatic rings. The fourth-order valence-electron chi connectivity index (χ4n) is 3.41. The van der Waals surface area contributed by atoms with E-state index >= 15 is 0 Å². The first kappa shape index (κ1) is 18.0. The number of fused-ring (bicyclic) bond motifs is 1. The van der Waals surface area contributed by atoms with Crippen molar-refractivity contribution in [3.8, 4) is 0 Å². The van der Waals surface area contributed by atoms with Crippen LogP contribution >= 0.6 is 11.6 Å². The Kier molecular flexibility index (Phi) is 5.37. The van der Waals surface area contributed by atoms with E-state index in [2.05, 4.69) is 57.7 Å². The maximum absolute atomic E-state index is 12.3. The third-order valence-electron chi connectivity index (χ3n) is 4.93. The van der Waals surface area contributed by atoms with Crippen LogP contribution in [0.4, 0.5) is 5.82 Å². The second kappa shape index (κ2) is 8.07. The van der Waals surface area contributed by atoms with Crippen molar-refractivity contribution < 1.29 is 4.79 Å². The third-order valence-corrected chi connectivity index (χ3v) is 5.14. The first-order valence-electron chi connectivity index (χ1n) is 9.32. The summed E-state index contributed by atoms with van der Waals surface area (Å²) < 4.78 is 0. The molecule has 0 unspecified atom stereocenters. The maximum Gasteiger partial charge on any atom is 0.226 e. The molecule has 1 aromatic heterocycles. The molecule has 0 spiro atoms. The Balaban J connectivity index is 1.40. The van der Waals surface area contributed by atoms with Gasteiger partial charge in [-0.15, -0.1) is 0 Å². The summed E-state index contributed by atoms with van der Waals surface area (Å²) in [5.41, 5.74) is 1.32. The van der Waals surface area contributed by atoms with E-state index in [4.69, 9.17) is 11.6 Å². The van der Waals surface area contributed by atoms with Crippen LogP contribution < -0.4 is 5.32 Å². The van der Waals surface area contributed by atoms with Crippen molar-refractivity contribution in [3.63, 3.8) is 0 Å². The molecule has 5 heteroatoms. The van der Waals surface area contributed by atoms with Gasteiger partial charge in [-0.3, -0.25) is 9.69 Å². The van der Waals surface area contributed by atoms with E-state index in [1.807, 2.05) is 0 Å². The van der Waals surface area contributed by atoms with Gasteiger partial charge >= 0.3 is 0 Å². The minimum absolute atomic E-state index is 0.0339. The van der Waals surface area contributed by atoms with E-state index in [1.54, 1.807) is 18.2 Å². The van der Waals surface area contributed by atoms with Gasteiger partial charge in [0.15, 0.2) is 0 Å². The van der Waals surface area contributed by atoms with Crippen molar-refractivity contribution in [3.05, 3.63) is 71.4 Å². The number of nitrogens with zero attached hydrogens (tertiary/aromatic N) is 2. The second-order valence-electron chi connectivity index (χ2n) is 6.98. The van der Waals surface area contributed by atoms with Crippen molar-refractivity contribution in [2.75, 3.05) is 11.9 Å². The lowest BCUT2D eigenvalue weighted by Gasteiger charge is -2.22. The maximum atomic E-state index is 12.3. The van der Waals surface area contributed by atoms with Gasteiger partial charge in [0, 0.05) is 25.6 Å². The van der Waals surface area contributed by atoms with Crippen molar-refractivity contribution in [1.29, 1.82) is 0 Å². The van der Waals surface area contributed by atoms with Gasteiger partial charge in [0.25, 0.3) is 0 Å². The molecule has 4 nitrogen and oxygen atoms in total. The number of anilines is 1. The summed E-state index contributed by atoms with van der Waals surface area (Å²) in [7, 11) is 0. The van der Waals surface area contributed by atoms with E-state index in [0.717, 1.165) is 13.1 Å². The summed E-state index contributed by atoms with van der Waals surface area (Å²) in [5, 5.41) is 5.76. The molecule has 4 rings (SSSR count). The summed E-state index contributed by atoms with van der Waals surface area (Å²) in [4.78, 5) is 18.8. The average molecular weight is 380 g/mol. The summed E-state index contributed by atoms with van der Waals surface area (Å²) in [5.74, 6) is 0.466. The highest BCUT2D eigenvalue weighted by atomic mass is 35.5. The van der Waals surface area contributed by atoms with Gasteiger partial charge in [-0.05, 0) is 41.3 Å². The number of halogens is 1. The van der Waals surface area contributed by atoms with Gasteiger partial charge in [-0.1, -0.05) is 60.1 Å². The van der Waals surface area contributed by atoms with E-state index in [-0.39, 0.29) is 5.91 Å². The zero-order chi connectivity index (χ0) is 18.6. The molecular formula is C22H22ClN3O. The number of pyridine rings is 1. The molecule has 138 valence electrons. The lowest BCUT2D eigenvalue weighted by molar-refractivity contribution is -0.116. The van der Waals surface area contributed by atoms with Crippen LogP contribution in [0.3, 0.4) is 0 Å². The van der Waals surface area contributed by atoms with Gasteiger partial charge < -0.3 is 5.32 Å². The van der Waals surface area contributed by atoms with E-state index < -0.39 is 0 Å². The van der Waals surface area contributed by atoms with Gasteiger partial charge in [0.2, 0.25) is 5.91 Å². The van der Waals surface area contributed by atoms with Crippen LogP contribution in [0.1, 0.15) is 24.8 Å². The number of hydrogen-bond donors (Lipinski definition) is 1. The Morgan fingerprint density at radius 1 is 1.07 bits per heavy atom. The Labute approximate surface area is 164 Å². The van der Waals surface area contributed by atoms with Crippen LogP contribution in [0, 0.1) is 0 Å².